The summed E-state index contributed by atoms with van der Waals surface area (Å²) in [6.07, 6.45) is -0.914. The van der Waals surface area contributed by atoms with Crippen molar-refractivity contribution in [2.45, 2.75) is 222 Å². The Labute approximate surface area is 547 Å². The zero-order chi connectivity index (χ0) is 70.2. The molecule has 2 aliphatic heterocycles. The number of anilines is 1. The van der Waals surface area contributed by atoms with Gasteiger partial charge < -0.3 is 66.0 Å². The second-order valence-corrected chi connectivity index (χ2v) is 28.0. The van der Waals surface area contributed by atoms with Crippen LogP contribution in [0.15, 0.2) is 29.3 Å². The second kappa shape index (κ2) is 35.2. The summed E-state index contributed by atoms with van der Waals surface area (Å²) < 4.78 is 0. The van der Waals surface area contributed by atoms with Crippen LogP contribution in [0.2, 0.25) is 0 Å². The van der Waals surface area contributed by atoms with Gasteiger partial charge in [0.05, 0.1) is 19.2 Å². The lowest BCUT2D eigenvalue weighted by atomic mass is 9.90. The van der Waals surface area contributed by atoms with E-state index in [1.807, 2.05) is 79.7 Å². The summed E-state index contributed by atoms with van der Waals surface area (Å²) in [5.41, 5.74) is 1.79. The van der Waals surface area contributed by atoms with Crippen molar-refractivity contribution in [1.82, 2.24) is 55.6 Å². The van der Waals surface area contributed by atoms with Gasteiger partial charge in [-0.15, -0.1) is 0 Å². The Morgan fingerprint density at radius 2 is 0.946 bits per heavy atom. The number of amidine groups is 1. The predicted octanol–water partition coefficient (Wildman–Crippen LogP) is 3.72. The molecule has 0 radical (unpaired) electrons. The van der Waals surface area contributed by atoms with E-state index in [0.717, 1.165) is 21.1 Å². The van der Waals surface area contributed by atoms with Crippen LogP contribution in [-0.2, 0) is 59.3 Å². The van der Waals surface area contributed by atoms with Gasteiger partial charge in [0.25, 0.3) is 0 Å². The number of aliphatic hydroxyl groups is 1. The monoisotopic (exact) mass is 1290 g/mol. The molecule has 11 amide bonds. The molecule has 1 aromatic rings. The van der Waals surface area contributed by atoms with Gasteiger partial charge >= 0.3 is 0 Å². The van der Waals surface area contributed by atoms with Gasteiger partial charge in [-0.2, -0.15) is 0 Å². The number of rotatable bonds is 15. The van der Waals surface area contributed by atoms with E-state index in [4.69, 9.17) is 4.99 Å². The Bertz CT molecular complexity index is 2790. The second-order valence-electron chi connectivity index (χ2n) is 28.0. The maximum atomic E-state index is 15.4. The molecule has 25 nitrogen and oxygen atoms in total. The van der Waals surface area contributed by atoms with Crippen molar-refractivity contribution in [2.75, 3.05) is 61.2 Å². The minimum atomic E-state index is -1.69. The molecule has 25 heteroatoms. The summed E-state index contributed by atoms with van der Waals surface area (Å²) in [5, 5.41) is 26.9. The van der Waals surface area contributed by atoms with Gasteiger partial charge in [-0.25, -0.2) is 0 Å². The Hall–Kier alpha value is -7.18. The van der Waals surface area contributed by atoms with Gasteiger partial charge in [-0.3, -0.25) is 57.7 Å². The molecule has 1 aromatic carbocycles. The smallest absolute Gasteiger partial charge is 0.246 e. The number of amides is 11. The van der Waals surface area contributed by atoms with Crippen molar-refractivity contribution in [3.63, 3.8) is 0 Å². The summed E-state index contributed by atoms with van der Waals surface area (Å²) in [6.45, 7) is 27.9. The third-order valence-corrected chi connectivity index (χ3v) is 17.6. The van der Waals surface area contributed by atoms with E-state index < -0.39 is 156 Å². The van der Waals surface area contributed by atoms with Gasteiger partial charge in [-0.1, -0.05) is 115 Å². The largest absolute Gasteiger partial charge is 0.390 e. The Kier molecular flexibility index (Phi) is 30.2. The number of aliphatic hydroxyl groups excluding tert-OH is 1. The number of fused-ring (bicyclic) bond motifs is 1. The highest BCUT2D eigenvalue weighted by Crippen LogP contribution is 2.28. The lowest BCUT2D eigenvalue weighted by Gasteiger charge is -2.41. The minimum Gasteiger partial charge on any atom is -0.390 e. The van der Waals surface area contributed by atoms with Crippen molar-refractivity contribution in [1.29, 1.82) is 0 Å². The van der Waals surface area contributed by atoms with Crippen molar-refractivity contribution in [3.8, 4) is 0 Å². The first-order chi connectivity index (χ1) is 42.7. The summed E-state index contributed by atoms with van der Waals surface area (Å²) in [7, 11) is 9.91. The molecule has 0 spiro atoms. The van der Waals surface area contributed by atoms with Gasteiger partial charge in [0.1, 0.15) is 66.3 Å². The van der Waals surface area contributed by atoms with Crippen molar-refractivity contribution >= 4 is 76.5 Å². The fourth-order valence-corrected chi connectivity index (χ4v) is 11.9. The average molecular weight is 1290 g/mol. The highest BCUT2D eigenvalue weighted by molar-refractivity contribution is 6.00. The molecule has 0 aliphatic carbocycles. The van der Waals surface area contributed by atoms with Crippen molar-refractivity contribution in [3.05, 3.63) is 29.8 Å². The first-order valence-corrected chi connectivity index (χ1v) is 32.8. The average Bonchev–Trinajstić information content (AvgIpc) is 0.853. The molecule has 3 rings (SSSR count). The zero-order valence-electron chi connectivity index (χ0n) is 59.4. The van der Waals surface area contributed by atoms with Crippen LogP contribution in [0.3, 0.4) is 0 Å². The van der Waals surface area contributed by atoms with E-state index in [1.54, 1.807) is 41.5 Å². The molecule has 0 unspecified atom stereocenters. The van der Waals surface area contributed by atoms with Crippen LogP contribution in [0, 0.1) is 41.4 Å². The third-order valence-electron chi connectivity index (χ3n) is 17.6. The molecule has 2 aliphatic rings. The van der Waals surface area contributed by atoms with Gasteiger partial charge in [0.15, 0.2) is 0 Å². The van der Waals surface area contributed by atoms with Crippen LogP contribution in [0.5, 0.6) is 0 Å². The maximum absolute atomic E-state index is 15.4. The lowest BCUT2D eigenvalue weighted by molar-refractivity contribution is -0.157. The first-order valence-electron chi connectivity index (χ1n) is 32.8. The van der Waals surface area contributed by atoms with Crippen LogP contribution in [0.4, 0.5) is 5.69 Å². The number of para-hydroxylation sites is 1. The normalized spacial score (nSPS) is 26.2. The number of carbonyl (C=O) groups is 11. The van der Waals surface area contributed by atoms with Crippen molar-refractivity contribution in [2.24, 2.45) is 46.4 Å². The predicted molar refractivity (Wildman–Crippen MR) is 355 cm³/mol. The Morgan fingerprint density at radius 1 is 0.489 bits per heavy atom. The number of hydrogen-bond acceptors (Lipinski definition) is 14. The molecular formula is C67H113N13O12. The Morgan fingerprint density at radius 3 is 1.46 bits per heavy atom. The number of likely N-dealkylation sites (N-methyl/N-ethyl adjacent to an activating group) is 7. The molecule has 1 saturated heterocycles. The van der Waals surface area contributed by atoms with Crippen LogP contribution >= 0.6 is 0 Å². The number of benzene rings is 1. The Balaban J connectivity index is 2.31. The van der Waals surface area contributed by atoms with E-state index in [9.17, 15) is 38.7 Å². The molecule has 0 bridgehead atoms. The van der Waals surface area contributed by atoms with Crippen LogP contribution in [0.1, 0.15) is 155 Å². The van der Waals surface area contributed by atoms with Crippen molar-refractivity contribution < 1.29 is 57.8 Å². The fourth-order valence-electron chi connectivity index (χ4n) is 11.9. The molecule has 2 heterocycles. The molecule has 518 valence electrons. The van der Waals surface area contributed by atoms with Gasteiger partial charge in [0.2, 0.25) is 65.0 Å². The molecule has 0 saturated carbocycles. The molecule has 92 heavy (non-hydrogen) atoms. The number of nitrogens with one attached hydrogen (secondary N) is 5. The minimum absolute atomic E-state index is 0.00336. The zero-order valence-corrected chi connectivity index (χ0v) is 59.4. The molecule has 12 atom stereocenters. The van der Waals surface area contributed by atoms with E-state index in [-0.39, 0.29) is 62.2 Å². The third kappa shape index (κ3) is 20.9. The highest BCUT2D eigenvalue weighted by atomic mass is 16.3. The topological polar surface area (TPSA) is 303 Å². The number of carbonyl (C=O) groups excluding carboxylic acids is 11. The van der Waals surface area contributed by atoms with E-state index in [0.29, 0.717) is 12.4 Å². The van der Waals surface area contributed by atoms with E-state index >= 15 is 19.2 Å². The molecule has 1 fully saturated rings. The molecular weight excluding hydrogens is 1180 g/mol. The first kappa shape index (κ1) is 79.1. The number of nitrogens with zero attached hydrogens (tertiary/aromatic N) is 8. The SMILES string of the molecule is CC[C@@H]1NC(=O)[C@H]([C@H](O)[C@H](C)CC2=NCc3ccccc3N2)N(C)C(=O)[C@H](C(C)C)N(C)C(=O)[C@H](CC(C)C)N(C)C(=O)[C@H](CC(C)C)N(C)C(=O)[C@@H](C)NC(=O)[C@H](C)NC(=O)[C@H](CC(C)C)N(C)C(=O)[C@H](C(C)C)NC(=O)[C@H](CC(C)C)N(C)C(=O)CN(C)C1=O. The standard InChI is InChI=1S/C67H113N13O12/c1-24-46-63(88)74(17)35-53(81)75(18)48(29-36(2)3)60(85)73-54(40(10)11)66(91)76(19)49(30-37(4)5)59(84)69-43(15)58(83)70-44(16)62(87)77(20)50(31-38(6)7)64(89)78(21)51(32-39(8)9)65(90)79(22)55(41(12)13)67(92)80(23)56(61(86)72-46)57(82)42(14)33-52-68-34-45-27-25-26-28-47(45)71-52/h25-28,36-44,46,48-51,54-57,82H,24,29-35H2,1-23H3,(H,68,71)(H,69,84)(H,70,83)(H,72,86)(H,73,85)/t42-,43+,44-,46+,48+,49+,50+,51+,54+,55+,56+,57-/m1/s1. The van der Waals surface area contributed by atoms with Crippen LogP contribution < -0.4 is 26.6 Å². The maximum Gasteiger partial charge on any atom is 0.246 e. The fraction of sp³-hybridized carbons (Fsp3) is 0.731. The summed E-state index contributed by atoms with van der Waals surface area (Å²) in [4.78, 5) is 175. The summed E-state index contributed by atoms with van der Waals surface area (Å²) >= 11 is 0. The summed E-state index contributed by atoms with van der Waals surface area (Å²) in [5.74, 6) is -9.58. The highest BCUT2D eigenvalue weighted by Gasteiger charge is 2.46. The molecule has 0 aromatic heterocycles. The summed E-state index contributed by atoms with van der Waals surface area (Å²) in [6, 6.07) is -4.98. The number of aliphatic imine (C=N–C) groups is 1. The van der Waals surface area contributed by atoms with E-state index in [1.165, 1.54) is 87.7 Å². The van der Waals surface area contributed by atoms with Gasteiger partial charge in [-0.05, 0) is 99.0 Å². The lowest BCUT2D eigenvalue weighted by Crippen LogP contribution is -2.63. The van der Waals surface area contributed by atoms with Crippen LogP contribution in [-0.4, -0.2) is 233 Å². The number of hydrogen-bond donors (Lipinski definition) is 6. The van der Waals surface area contributed by atoms with E-state index in [2.05, 4.69) is 26.6 Å². The van der Waals surface area contributed by atoms with Gasteiger partial charge in [0, 0.05) is 61.4 Å². The molecule has 6 N–H and O–H groups in total. The van der Waals surface area contributed by atoms with Crippen LogP contribution in [0.25, 0.3) is 0 Å². The quantitative estimate of drug-likeness (QED) is 0.146.